The normalized spacial score (nSPS) is 10.4. The molecule has 0 saturated carbocycles. The maximum Gasteiger partial charge on any atom is 0.248 e. The molecule has 0 unspecified atom stereocenters. The molecule has 0 bridgehead atoms. The molecular weight excluding hydrogens is 216 g/mol. The zero-order chi connectivity index (χ0) is 12.3. The van der Waals surface area contributed by atoms with Gasteiger partial charge in [-0.3, -0.25) is 9.78 Å². The van der Waals surface area contributed by atoms with Crippen LogP contribution in [0.5, 0.6) is 0 Å². The standard InChI is InChI=1S/C12H14N4O/c1-2-7-16-8-6-15-12(16)11(17)10-9(13)4-3-5-14-10/h3-6,8H,2,7,13H2,1H3. The molecule has 88 valence electrons. The van der Waals surface area contributed by atoms with Gasteiger partial charge >= 0.3 is 0 Å². The Kier molecular flexibility index (Phi) is 3.18. The van der Waals surface area contributed by atoms with Crippen molar-refractivity contribution in [1.82, 2.24) is 14.5 Å². The third kappa shape index (κ3) is 2.18. The van der Waals surface area contributed by atoms with Gasteiger partial charge in [-0.1, -0.05) is 6.92 Å². The van der Waals surface area contributed by atoms with Crippen LogP contribution < -0.4 is 5.73 Å². The summed E-state index contributed by atoms with van der Waals surface area (Å²) in [5.74, 6) is 0.152. The second-order valence-electron chi connectivity index (χ2n) is 3.71. The van der Waals surface area contributed by atoms with Crippen LogP contribution in [0.15, 0.2) is 30.7 Å². The lowest BCUT2D eigenvalue weighted by Crippen LogP contribution is -2.14. The number of imidazole rings is 1. The SMILES string of the molecule is CCCn1ccnc1C(=O)c1ncccc1N. The summed E-state index contributed by atoms with van der Waals surface area (Å²) in [7, 11) is 0. The smallest absolute Gasteiger partial charge is 0.248 e. The number of rotatable bonds is 4. The van der Waals surface area contributed by atoms with E-state index in [1.165, 1.54) is 0 Å². The van der Waals surface area contributed by atoms with E-state index in [0.717, 1.165) is 13.0 Å². The molecule has 0 spiro atoms. The molecule has 2 aromatic heterocycles. The molecule has 0 aromatic carbocycles. The number of pyridine rings is 1. The Morgan fingerprint density at radius 1 is 1.41 bits per heavy atom. The second-order valence-corrected chi connectivity index (χ2v) is 3.71. The number of hydrogen-bond acceptors (Lipinski definition) is 4. The number of nitrogens with two attached hydrogens (primary N) is 1. The summed E-state index contributed by atoms with van der Waals surface area (Å²) < 4.78 is 1.82. The molecule has 5 nitrogen and oxygen atoms in total. The number of carbonyl (C=O) groups is 1. The van der Waals surface area contributed by atoms with E-state index >= 15 is 0 Å². The minimum Gasteiger partial charge on any atom is -0.397 e. The third-order valence-corrected chi connectivity index (χ3v) is 2.44. The van der Waals surface area contributed by atoms with Crippen molar-refractivity contribution < 1.29 is 4.79 Å². The predicted octanol–water partition coefficient (Wildman–Crippen LogP) is 1.50. The quantitative estimate of drug-likeness (QED) is 0.808. The Balaban J connectivity index is 2.37. The van der Waals surface area contributed by atoms with E-state index in [2.05, 4.69) is 9.97 Å². The van der Waals surface area contributed by atoms with Gasteiger partial charge in [-0.25, -0.2) is 4.98 Å². The molecule has 2 aromatic rings. The van der Waals surface area contributed by atoms with E-state index < -0.39 is 0 Å². The van der Waals surface area contributed by atoms with Gasteiger partial charge in [0.1, 0.15) is 5.69 Å². The first kappa shape index (κ1) is 11.3. The van der Waals surface area contributed by atoms with Gasteiger partial charge in [0.25, 0.3) is 0 Å². The van der Waals surface area contributed by atoms with Crippen LogP contribution in [0.3, 0.4) is 0 Å². The number of anilines is 1. The number of carbonyl (C=O) groups excluding carboxylic acids is 1. The minimum absolute atomic E-state index is 0.235. The van der Waals surface area contributed by atoms with Gasteiger partial charge in [0.05, 0.1) is 5.69 Å². The summed E-state index contributed by atoms with van der Waals surface area (Å²) in [6.07, 6.45) is 5.89. The Morgan fingerprint density at radius 3 is 2.94 bits per heavy atom. The predicted molar refractivity (Wildman–Crippen MR) is 64.6 cm³/mol. The molecule has 0 atom stereocenters. The largest absolute Gasteiger partial charge is 0.397 e. The van der Waals surface area contributed by atoms with Crippen molar-refractivity contribution in [2.75, 3.05) is 5.73 Å². The molecule has 2 heterocycles. The van der Waals surface area contributed by atoms with Crippen LogP contribution in [0.4, 0.5) is 5.69 Å². The van der Waals surface area contributed by atoms with Gasteiger partial charge in [-0.15, -0.1) is 0 Å². The van der Waals surface area contributed by atoms with Crippen LogP contribution in [-0.4, -0.2) is 20.3 Å². The van der Waals surface area contributed by atoms with E-state index in [0.29, 0.717) is 11.5 Å². The number of hydrogen-bond donors (Lipinski definition) is 1. The van der Waals surface area contributed by atoms with Crippen molar-refractivity contribution >= 4 is 11.5 Å². The fourth-order valence-corrected chi connectivity index (χ4v) is 1.65. The van der Waals surface area contributed by atoms with Crippen LogP contribution in [0.2, 0.25) is 0 Å². The highest BCUT2D eigenvalue weighted by molar-refractivity contribution is 6.08. The van der Waals surface area contributed by atoms with Crippen molar-refractivity contribution in [1.29, 1.82) is 0 Å². The Bertz CT molecular complexity index is 533. The fourth-order valence-electron chi connectivity index (χ4n) is 1.65. The average molecular weight is 230 g/mol. The Morgan fingerprint density at radius 2 is 2.24 bits per heavy atom. The summed E-state index contributed by atoms with van der Waals surface area (Å²) in [6.45, 7) is 2.80. The third-order valence-electron chi connectivity index (χ3n) is 2.44. The molecule has 0 aliphatic rings. The Hall–Kier alpha value is -2.17. The molecule has 0 amide bonds. The monoisotopic (exact) mass is 230 g/mol. The van der Waals surface area contributed by atoms with Crippen molar-refractivity contribution in [3.05, 3.63) is 42.2 Å². The molecule has 0 fully saturated rings. The van der Waals surface area contributed by atoms with E-state index in [9.17, 15) is 4.79 Å². The van der Waals surface area contributed by atoms with Gasteiger partial charge < -0.3 is 10.3 Å². The van der Waals surface area contributed by atoms with Gasteiger partial charge in [0.15, 0.2) is 5.82 Å². The highest BCUT2D eigenvalue weighted by atomic mass is 16.1. The van der Waals surface area contributed by atoms with Crippen molar-refractivity contribution in [3.63, 3.8) is 0 Å². The average Bonchev–Trinajstić information content (AvgIpc) is 2.78. The lowest BCUT2D eigenvalue weighted by atomic mass is 10.2. The molecule has 17 heavy (non-hydrogen) atoms. The molecule has 2 rings (SSSR count). The Labute approximate surface area is 99.3 Å². The first-order chi connectivity index (χ1) is 8.24. The molecule has 0 aliphatic heterocycles. The topological polar surface area (TPSA) is 73.8 Å². The molecular formula is C12H14N4O. The highest BCUT2D eigenvalue weighted by Crippen LogP contribution is 2.12. The number of nitrogens with zero attached hydrogens (tertiary/aromatic N) is 3. The van der Waals surface area contributed by atoms with Crippen LogP contribution in [0.25, 0.3) is 0 Å². The van der Waals surface area contributed by atoms with Gasteiger partial charge in [0.2, 0.25) is 5.78 Å². The van der Waals surface area contributed by atoms with Crippen LogP contribution >= 0.6 is 0 Å². The summed E-state index contributed by atoms with van der Waals surface area (Å²) in [4.78, 5) is 20.3. The zero-order valence-corrected chi connectivity index (χ0v) is 9.63. The summed E-state index contributed by atoms with van der Waals surface area (Å²) >= 11 is 0. The van der Waals surface area contributed by atoms with Crippen LogP contribution in [0, 0.1) is 0 Å². The van der Waals surface area contributed by atoms with E-state index in [4.69, 9.17) is 5.73 Å². The molecule has 2 N–H and O–H groups in total. The lowest BCUT2D eigenvalue weighted by molar-refractivity contribution is 0.102. The van der Waals surface area contributed by atoms with Crippen molar-refractivity contribution in [2.24, 2.45) is 0 Å². The van der Waals surface area contributed by atoms with Crippen molar-refractivity contribution in [2.45, 2.75) is 19.9 Å². The maximum atomic E-state index is 12.2. The van der Waals surface area contributed by atoms with Gasteiger partial charge in [0, 0.05) is 25.1 Å². The van der Waals surface area contributed by atoms with Crippen LogP contribution in [0.1, 0.15) is 29.7 Å². The summed E-state index contributed by atoms with van der Waals surface area (Å²) in [5.41, 5.74) is 6.37. The fraction of sp³-hybridized carbons (Fsp3) is 0.250. The number of aromatic nitrogens is 3. The number of ketones is 1. The summed E-state index contributed by atoms with van der Waals surface area (Å²) in [6, 6.07) is 3.36. The van der Waals surface area contributed by atoms with Gasteiger partial charge in [-0.05, 0) is 18.6 Å². The number of aryl methyl sites for hydroxylation is 1. The molecule has 5 heteroatoms. The zero-order valence-electron chi connectivity index (χ0n) is 9.63. The second kappa shape index (κ2) is 4.78. The minimum atomic E-state index is -0.235. The van der Waals surface area contributed by atoms with E-state index in [1.807, 2.05) is 11.5 Å². The maximum absolute atomic E-state index is 12.2. The molecule has 0 saturated heterocycles. The van der Waals surface area contributed by atoms with E-state index in [1.54, 1.807) is 30.7 Å². The first-order valence-electron chi connectivity index (χ1n) is 5.50. The lowest BCUT2D eigenvalue weighted by Gasteiger charge is -2.06. The van der Waals surface area contributed by atoms with Crippen molar-refractivity contribution in [3.8, 4) is 0 Å². The summed E-state index contributed by atoms with van der Waals surface area (Å²) in [5, 5.41) is 0. The van der Waals surface area contributed by atoms with Gasteiger partial charge in [-0.2, -0.15) is 0 Å². The molecule has 0 aliphatic carbocycles. The van der Waals surface area contributed by atoms with Crippen LogP contribution in [-0.2, 0) is 6.54 Å². The number of nitrogen functional groups attached to an aromatic ring is 1. The van der Waals surface area contributed by atoms with E-state index in [-0.39, 0.29) is 11.5 Å². The first-order valence-corrected chi connectivity index (χ1v) is 5.50. The molecule has 0 radical (unpaired) electrons. The highest BCUT2D eigenvalue weighted by Gasteiger charge is 2.18.